The second kappa shape index (κ2) is 9.06. The highest BCUT2D eigenvalue weighted by molar-refractivity contribution is 7.92. The molecule has 2 atom stereocenters. The van der Waals surface area contributed by atoms with Crippen LogP contribution in [0.15, 0.2) is 53.4 Å². The smallest absolute Gasteiger partial charge is 0.181 e. The molecule has 2 bridgehead atoms. The average Bonchev–Trinajstić information content (AvgIpc) is 3.29. The topological polar surface area (TPSA) is 59.4 Å². The largest absolute Gasteiger partial charge is 0.344 e. The van der Waals surface area contributed by atoms with Gasteiger partial charge in [0.15, 0.2) is 15.6 Å². The number of nitrogens with zero attached hydrogens (tertiary/aromatic N) is 2. The van der Waals surface area contributed by atoms with Crippen LogP contribution in [-0.2, 0) is 22.8 Å². The lowest BCUT2D eigenvalue weighted by Crippen LogP contribution is -2.47. The molecule has 0 saturated carbocycles. The third-order valence-electron chi connectivity index (χ3n) is 8.39. The quantitative estimate of drug-likeness (QED) is 0.428. The van der Waals surface area contributed by atoms with Crippen molar-refractivity contribution in [3.05, 3.63) is 64.8 Å². The molecule has 35 heavy (non-hydrogen) atoms. The molecule has 3 aliphatic rings. The highest BCUT2D eigenvalue weighted by atomic mass is 35.5. The third kappa shape index (κ3) is 4.04. The number of carbonyl (C=O) groups is 1. The molecule has 3 heterocycles. The molecular formula is C28H31ClN2O3S. The van der Waals surface area contributed by atoms with Crippen molar-refractivity contribution in [1.82, 2.24) is 9.47 Å². The summed E-state index contributed by atoms with van der Waals surface area (Å²) in [5.41, 5.74) is 3.32. The summed E-state index contributed by atoms with van der Waals surface area (Å²) in [5.74, 6) is 0.281. The number of carbonyl (C=O) groups excluding carboxylic acids is 1. The van der Waals surface area contributed by atoms with Crippen molar-refractivity contribution in [1.29, 1.82) is 0 Å². The monoisotopic (exact) mass is 510 g/mol. The van der Waals surface area contributed by atoms with E-state index in [4.69, 9.17) is 11.6 Å². The highest BCUT2D eigenvalue weighted by Crippen LogP contribution is 2.40. The highest BCUT2D eigenvalue weighted by Gasteiger charge is 2.45. The first kappa shape index (κ1) is 23.3. The molecule has 2 unspecified atom stereocenters. The van der Waals surface area contributed by atoms with Gasteiger partial charge in [0.1, 0.15) is 0 Å². The van der Waals surface area contributed by atoms with E-state index in [1.807, 2.05) is 6.07 Å². The van der Waals surface area contributed by atoms with Crippen molar-refractivity contribution in [3.63, 3.8) is 0 Å². The van der Waals surface area contributed by atoms with Crippen LogP contribution in [-0.4, -0.2) is 47.5 Å². The number of rotatable bonds is 6. The first-order chi connectivity index (χ1) is 16.9. The first-order valence-electron chi connectivity index (χ1n) is 12.8. The summed E-state index contributed by atoms with van der Waals surface area (Å²) in [5, 5.41) is 1.34. The number of benzene rings is 2. The molecular weight excluding hydrogens is 480 g/mol. The maximum Gasteiger partial charge on any atom is 0.181 e. The van der Waals surface area contributed by atoms with Crippen LogP contribution in [0.25, 0.3) is 10.9 Å². The molecule has 3 aromatic rings. The van der Waals surface area contributed by atoms with Gasteiger partial charge in [0.25, 0.3) is 0 Å². The lowest BCUT2D eigenvalue weighted by molar-refractivity contribution is 0.0973. The molecule has 184 valence electrons. The van der Waals surface area contributed by atoms with Crippen LogP contribution >= 0.6 is 11.6 Å². The fourth-order valence-corrected chi connectivity index (χ4v) is 8.77. The Balaban J connectivity index is 1.16. The van der Waals surface area contributed by atoms with E-state index >= 15 is 0 Å². The van der Waals surface area contributed by atoms with E-state index in [1.54, 1.807) is 24.3 Å². The van der Waals surface area contributed by atoms with Crippen LogP contribution < -0.4 is 0 Å². The molecule has 0 N–H and O–H groups in total. The number of aryl methyl sites for hydroxylation is 1. The Hall–Kier alpha value is -2.15. The number of piperidine rings is 1. The summed E-state index contributed by atoms with van der Waals surface area (Å²) in [6, 6.07) is 15.6. The molecule has 2 saturated heterocycles. The van der Waals surface area contributed by atoms with Crippen molar-refractivity contribution < 1.29 is 13.2 Å². The zero-order valence-corrected chi connectivity index (χ0v) is 21.4. The fourth-order valence-electron chi connectivity index (χ4n) is 6.79. The van der Waals surface area contributed by atoms with Gasteiger partial charge in [0.2, 0.25) is 0 Å². The summed E-state index contributed by atoms with van der Waals surface area (Å²) in [7, 11) is -3.35. The average molecular weight is 511 g/mol. The van der Waals surface area contributed by atoms with Gasteiger partial charge in [-0.1, -0.05) is 29.8 Å². The Bertz CT molecular complexity index is 1370. The number of halogens is 1. The van der Waals surface area contributed by atoms with Crippen LogP contribution in [0.2, 0.25) is 5.02 Å². The van der Waals surface area contributed by atoms with E-state index in [1.165, 1.54) is 11.2 Å². The number of aromatic nitrogens is 1. The zero-order valence-electron chi connectivity index (χ0n) is 19.8. The van der Waals surface area contributed by atoms with Crippen molar-refractivity contribution in [2.45, 2.75) is 80.1 Å². The van der Waals surface area contributed by atoms with Gasteiger partial charge < -0.3 is 4.57 Å². The number of Topliss-reactive ketones (excluding diaryl/α,β-unsaturated/α-hetero) is 1. The minimum absolute atomic E-state index is 0.281. The maximum absolute atomic E-state index is 13.3. The molecule has 0 amide bonds. The minimum Gasteiger partial charge on any atom is -0.344 e. The SMILES string of the molecule is O=C1CCCc2c1c1ccccc1n2CCCN1C2CCC1CC(S(=O)(=O)c1ccc(Cl)cc1)C2. The van der Waals surface area contributed by atoms with Crippen LogP contribution in [0.5, 0.6) is 0 Å². The Morgan fingerprint density at radius 3 is 2.37 bits per heavy atom. The van der Waals surface area contributed by atoms with Gasteiger partial charge in [0, 0.05) is 58.8 Å². The van der Waals surface area contributed by atoms with Gasteiger partial charge >= 0.3 is 0 Å². The Labute approximate surface area is 212 Å². The van der Waals surface area contributed by atoms with Crippen LogP contribution in [0, 0.1) is 0 Å². The van der Waals surface area contributed by atoms with Crippen LogP contribution in [0.3, 0.4) is 0 Å². The van der Waals surface area contributed by atoms with E-state index in [2.05, 4.69) is 27.7 Å². The Morgan fingerprint density at radius 2 is 1.63 bits per heavy atom. The maximum atomic E-state index is 13.3. The predicted octanol–water partition coefficient (Wildman–Crippen LogP) is 5.67. The molecule has 7 heteroatoms. The number of para-hydroxylation sites is 1. The standard InChI is InChI=1S/C28H31ClN2O3S/c29-19-9-13-22(14-10-19)35(33,34)23-17-20-11-12-21(18-23)30(20)15-4-16-31-25-6-2-1-5-24(25)28-26(31)7-3-8-27(28)32/h1-2,5-6,9-10,13-14,20-21,23H,3-4,7-8,11-12,15-18H2. The predicted molar refractivity (Wildman–Crippen MR) is 139 cm³/mol. The van der Waals surface area contributed by atoms with Gasteiger partial charge in [-0.05, 0) is 75.3 Å². The number of ketones is 1. The second-order valence-corrected chi connectivity index (χ2v) is 13.0. The Morgan fingerprint density at radius 1 is 0.914 bits per heavy atom. The molecule has 2 fully saturated rings. The second-order valence-electron chi connectivity index (χ2n) is 10.3. The summed E-state index contributed by atoms with van der Waals surface area (Å²) in [6.45, 7) is 1.86. The van der Waals surface area contributed by atoms with Gasteiger partial charge in [-0.15, -0.1) is 0 Å². The molecule has 0 radical (unpaired) electrons. The summed E-state index contributed by atoms with van der Waals surface area (Å²) >= 11 is 5.97. The first-order valence-corrected chi connectivity index (χ1v) is 14.7. The molecule has 2 aromatic carbocycles. The molecule has 6 rings (SSSR count). The zero-order chi connectivity index (χ0) is 24.2. The van der Waals surface area contributed by atoms with Crippen molar-refractivity contribution >= 4 is 38.1 Å². The van der Waals surface area contributed by atoms with Gasteiger partial charge in [0.05, 0.1) is 10.1 Å². The lowest BCUT2D eigenvalue weighted by Gasteiger charge is -2.38. The van der Waals surface area contributed by atoms with Gasteiger partial charge in [-0.2, -0.15) is 0 Å². The third-order valence-corrected chi connectivity index (χ3v) is 10.8. The van der Waals surface area contributed by atoms with E-state index in [-0.39, 0.29) is 11.0 Å². The van der Waals surface area contributed by atoms with E-state index in [0.29, 0.717) is 41.3 Å². The van der Waals surface area contributed by atoms with E-state index < -0.39 is 9.84 Å². The number of hydrogen-bond donors (Lipinski definition) is 0. The van der Waals surface area contributed by atoms with Crippen molar-refractivity contribution in [2.75, 3.05) is 6.54 Å². The normalized spacial score (nSPS) is 24.7. The summed E-state index contributed by atoms with van der Waals surface area (Å²) < 4.78 is 29.0. The van der Waals surface area contributed by atoms with Crippen LogP contribution in [0.1, 0.15) is 61.0 Å². The molecule has 0 spiro atoms. The molecule has 5 nitrogen and oxygen atoms in total. The Kier molecular flexibility index (Phi) is 6.02. The van der Waals surface area contributed by atoms with Crippen molar-refractivity contribution in [3.8, 4) is 0 Å². The van der Waals surface area contributed by atoms with Gasteiger partial charge in [-0.3, -0.25) is 9.69 Å². The molecule has 2 aliphatic heterocycles. The molecule has 1 aliphatic carbocycles. The minimum atomic E-state index is -3.35. The lowest BCUT2D eigenvalue weighted by atomic mass is 9.94. The molecule has 1 aromatic heterocycles. The number of sulfone groups is 1. The number of fused-ring (bicyclic) bond motifs is 5. The number of hydrogen-bond acceptors (Lipinski definition) is 4. The summed E-state index contributed by atoms with van der Waals surface area (Å²) in [4.78, 5) is 15.6. The van der Waals surface area contributed by atoms with Gasteiger partial charge in [-0.25, -0.2) is 8.42 Å². The van der Waals surface area contributed by atoms with Crippen LogP contribution in [0.4, 0.5) is 0 Å². The van der Waals surface area contributed by atoms with Crippen molar-refractivity contribution in [2.24, 2.45) is 0 Å². The van der Waals surface area contributed by atoms with E-state index in [9.17, 15) is 13.2 Å². The van der Waals surface area contributed by atoms with E-state index in [0.717, 1.165) is 56.1 Å². The fraction of sp³-hybridized carbons (Fsp3) is 0.464. The summed E-state index contributed by atoms with van der Waals surface area (Å²) in [6.07, 6.45) is 7.12.